The van der Waals surface area contributed by atoms with E-state index >= 15 is 0 Å². The second-order valence-corrected chi connectivity index (χ2v) is 10.2. The lowest BCUT2D eigenvalue weighted by atomic mass is 9.37. The van der Waals surface area contributed by atoms with Crippen LogP contribution in [0.5, 0.6) is 11.5 Å². The van der Waals surface area contributed by atoms with E-state index in [-0.39, 0.29) is 17.7 Å². The molecular formula is C32H25BF12O3. The molecule has 0 spiro atoms. The van der Waals surface area contributed by atoms with Crippen molar-refractivity contribution in [3.8, 4) is 11.5 Å². The normalized spacial score (nSPS) is 12.2. The Morgan fingerprint density at radius 1 is 0.479 bits per heavy atom. The summed E-state index contributed by atoms with van der Waals surface area (Å²) in [6, 6.07) is 22.8. The zero-order valence-electron chi connectivity index (χ0n) is 24.7. The number of ether oxygens (including phenoxy) is 3. The minimum atomic E-state index is -4.87. The Morgan fingerprint density at radius 3 is 1.23 bits per heavy atom. The Bertz CT molecular complexity index is 1490. The predicted octanol–water partition coefficient (Wildman–Crippen LogP) is 8.18. The average molecular weight is 696 g/mol. The average Bonchev–Trinajstić information content (AvgIpc) is 2.94. The zero-order valence-corrected chi connectivity index (χ0v) is 24.7. The molecule has 0 unspecified atom stereocenters. The van der Waals surface area contributed by atoms with Crippen LogP contribution in [0.1, 0.15) is 16.7 Å². The maximum atomic E-state index is 12.7. The molecule has 0 aliphatic rings. The second kappa shape index (κ2) is 15.7. The van der Waals surface area contributed by atoms with Crippen LogP contribution in [0.15, 0.2) is 97.1 Å². The van der Waals surface area contributed by atoms with Gasteiger partial charge in [-0.1, -0.05) is 94.7 Å². The standard InChI is InChI=1S/C24H18BF9O2.C8H7F3O/c26-22(27,28)15-17-3-7-19(8-4-17)25(20-9-11-21(12-10-20)36-24(32,33)34)18-5-1-16(2-6-18)13-14-35-23(29,30)31;1-6-2-4-7(5-3-6)12-8(9,10)11/h1-12H,13-15H2;2-5H,1H3. The molecule has 0 atom stereocenters. The number of aryl methyl sites for hydroxylation is 1. The molecule has 0 aliphatic heterocycles. The zero-order chi connectivity index (χ0) is 35.8. The number of halogens is 12. The van der Waals surface area contributed by atoms with Crippen molar-refractivity contribution in [3.05, 3.63) is 114 Å². The highest BCUT2D eigenvalue weighted by Gasteiger charge is 2.32. The largest absolute Gasteiger partial charge is 0.573 e. The van der Waals surface area contributed by atoms with Crippen molar-refractivity contribution in [1.82, 2.24) is 0 Å². The molecule has 4 rings (SSSR count). The third kappa shape index (κ3) is 14.2. The number of rotatable bonds is 9. The third-order valence-electron chi connectivity index (χ3n) is 6.39. The smallest absolute Gasteiger partial charge is 0.406 e. The molecule has 4 aromatic carbocycles. The summed E-state index contributed by atoms with van der Waals surface area (Å²) in [5, 5.41) is 0. The van der Waals surface area contributed by atoms with Crippen LogP contribution in [0, 0.1) is 6.92 Å². The number of hydrogen-bond donors (Lipinski definition) is 0. The van der Waals surface area contributed by atoms with Crippen LogP contribution < -0.4 is 25.9 Å². The number of benzene rings is 4. The number of hydrogen-bond acceptors (Lipinski definition) is 3. The maximum Gasteiger partial charge on any atom is 0.573 e. The van der Waals surface area contributed by atoms with Gasteiger partial charge in [0.05, 0.1) is 13.0 Å². The lowest BCUT2D eigenvalue weighted by Crippen LogP contribution is -2.52. The molecule has 0 heterocycles. The molecule has 3 nitrogen and oxygen atoms in total. The first-order valence-electron chi connectivity index (χ1n) is 13.8. The van der Waals surface area contributed by atoms with E-state index in [2.05, 4.69) is 14.2 Å². The fourth-order valence-electron chi connectivity index (χ4n) is 4.40. The van der Waals surface area contributed by atoms with Crippen molar-refractivity contribution in [3.63, 3.8) is 0 Å². The van der Waals surface area contributed by atoms with Gasteiger partial charge >= 0.3 is 25.3 Å². The molecule has 258 valence electrons. The first kappa shape index (κ1) is 38.1. The summed E-state index contributed by atoms with van der Waals surface area (Å²) in [6.07, 6.45) is -19.7. The Morgan fingerprint density at radius 2 is 0.854 bits per heavy atom. The van der Waals surface area contributed by atoms with Crippen molar-refractivity contribution in [2.75, 3.05) is 6.61 Å². The molecule has 0 saturated heterocycles. The van der Waals surface area contributed by atoms with Crippen LogP contribution in [0.3, 0.4) is 0 Å². The predicted molar refractivity (Wildman–Crippen MR) is 154 cm³/mol. The molecular weight excluding hydrogens is 671 g/mol. The van der Waals surface area contributed by atoms with E-state index in [1.54, 1.807) is 43.3 Å². The highest BCUT2D eigenvalue weighted by molar-refractivity contribution is 6.95. The molecule has 0 N–H and O–H groups in total. The van der Waals surface area contributed by atoms with Crippen LogP contribution in [-0.4, -0.2) is 38.6 Å². The van der Waals surface area contributed by atoms with Gasteiger partial charge in [0.2, 0.25) is 6.71 Å². The van der Waals surface area contributed by atoms with Crippen LogP contribution in [-0.2, 0) is 17.6 Å². The summed E-state index contributed by atoms with van der Waals surface area (Å²) < 4.78 is 158. The minimum absolute atomic E-state index is 0.0138. The molecule has 0 bridgehead atoms. The fraction of sp³-hybridized carbons (Fsp3) is 0.250. The quantitative estimate of drug-likeness (QED) is 0.131. The summed E-state index contributed by atoms with van der Waals surface area (Å²) in [6.45, 7) is 0.635. The molecule has 16 heteroatoms. The molecule has 0 aliphatic carbocycles. The topological polar surface area (TPSA) is 27.7 Å². The van der Waals surface area contributed by atoms with E-state index in [4.69, 9.17) is 0 Å². The molecule has 0 amide bonds. The minimum Gasteiger partial charge on any atom is -0.406 e. The van der Waals surface area contributed by atoms with Gasteiger partial charge in [-0.15, -0.1) is 39.5 Å². The van der Waals surface area contributed by atoms with Crippen molar-refractivity contribution in [2.24, 2.45) is 0 Å². The van der Waals surface area contributed by atoms with E-state index < -0.39 is 50.8 Å². The summed E-state index contributed by atoms with van der Waals surface area (Å²) in [7, 11) is 0. The highest BCUT2D eigenvalue weighted by Crippen LogP contribution is 2.24. The van der Waals surface area contributed by atoms with Gasteiger partial charge in [-0.25, -0.2) is 0 Å². The summed E-state index contributed by atoms with van der Waals surface area (Å²) >= 11 is 0. The van der Waals surface area contributed by atoms with Gasteiger partial charge in [-0.05, 0) is 48.7 Å². The van der Waals surface area contributed by atoms with Crippen LogP contribution in [0.2, 0.25) is 0 Å². The van der Waals surface area contributed by atoms with Gasteiger partial charge in [0.15, 0.2) is 0 Å². The Kier molecular flexibility index (Phi) is 12.5. The molecule has 0 fully saturated rings. The van der Waals surface area contributed by atoms with E-state index in [1.165, 1.54) is 48.5 Å². The Labute approximate surface area is 267 Å². The van der Waals surface area contributed by atoms with Gasteiger partial charge in [0, 0.05) is 0 Å². The Hall–Kier alpha value is -4.34. The van der Waals surface area contributed by atoms with E-state index in [1.807, 2.05) is 0 Å². The highest BCUT2D eigenvalue weighted by atomic mass is 19.4. The van der Waals surface area contributed by atoms with E-state index in [0.29, 0.717) is 22.0 Å². The monoisotopic (exact) mass is 696 g/mol. The number of alkyl halides is 12. The Balaban J connectivity index is 0.000000437. The third-order valence-corrected chi connectivity index (χ3v) is 6.39. The van der Waals surface area contributed by atoms with Crippen molar-refractivity contribution >= 4 is 23.1 Å². The summed E-state index contributed by atoms with van der Waals surface area (Å²) in [5.41, 5.74) is 3.21. The van der Waals surface area contributed by atoms with Gasteiger partial charge in [-0.2, -0.15) is 13.2 Å². The first-order chi connectivity index (χ1) is 22.2. The lowest BCUT2D eigenvalue weighted by molar-refractivity contribution is -0.324. The van der Waals surface area contributed by atoms with E-state index in [9.17, 15) is 52.7 Å². The molecule has 4 aromatic rings. The van der Waals surface area contributed by atoms with Crippen LogP contribution in [0.4, 0.5) is 52.7 Å². The van der Waals surface area contributed by atoms with Crippen LogP contribution >= 0.6 is 0 Å². The molecule has 0 aromatic heterocycles. The SMILES string of the molecule is Cc1ccc(OC(F)(F)F)cc1.FC(F)(F)Cc1ccc(B(c2ccc(CCOC(F)(F)F)cc2)c2ccc(OC(F)(F)F)cc2)cc1. The van der Waals surface area contributed by atoms with Crippen molar-refractivity contribution < 1.29 is 66.9 Å². The molecule has 48 heavy (non-hydrogen) atoms. The molecule has 0 saturated carbocycles. The lowest BCUT2D eigenvalue weighted by Gasteiger charge is -2.18. The van der Waals surface area contributed by atoms with Gasteiger partial charge in [0.25, 0.3) is 0 Å². The van der Waals surface area contributed by atoms with Gasteiger partial charge in [-0.3, -0.25) is 4.74 Å². The van der Waals surface area contributed by atoms with Gasteiger partial charge in [0.1, 0.15) is 11.5 Å². The van der Waals surface area contributed by atoms with Crippen LogP contribution in [0.25, 0.3) is 0 Å². The van der Waals surface area contributed by atoms with Gasteiger partial charge < -0.3 is 9.47 Å². The molecule has 0 radical (unpaired) electrons. The summed E-state index contributed by atoms with van der Waals surface area (Å²) in [5.74, 6) is -0.626. The maximum absolute atomic E-state index is 12.7. The van der Waals surface area contributed by atoms with E-state index in [0.717, 1.165) is 17.7 Å². The van der Waals surface area contributed by atoms with Crippen molar-refractivity contribution in [1.29, 1.82) is 0 Å². The second-order valence-electron chi connectivity index (χ2n) is 10.2. The summed E-state index contributed by atoms with van der Waals surface area (Å²) in [4.78, 5) is 0. The first-order valence-corrected chi connectivity index (χ1v) is 13.8. The fourth-order valence-corrected chi connectivity index (χ4v) is 4.40. The van der Waals surface area contributed by atoms with Crippen molar-refractivity contribution in [2.45, 2.75) is 45.0 Å².